The number of likely N-dealkylation sites (N-methyl/N-ethyl adjacent to an activating group) is 1. The zero-order valence-corrected chi connectivity index (χ0v) is 15.8. The topological polar surface area (TPSA) is 61.4 Å². The Balaban J connectivity index is 1.66. The van der Waals surface area contributed by atoms with Gasteiger partial charge >= 0.3 is 0 Å². The van der Waals surface area contributed by atoms with Gasteiger partial charge in [0.05, 0.1) is 0 Å². The second-order valence-corrected chi connectivity index (χ2v) is 6.90. The molecule has 1 amide bonds. The first-order valence-corrected chi connectivity index (χ1v) is 9.29. The van der Waals surface area contributed by atoms with E-state index in [9.17, 15) is 4.79 Å². The van der Waals surface area contributed by atoms with Crippen LogP contribution >= 0.6 is 0 Å². The summed E-state index contributed by atoms with van der Waals surface area (Å²) in [4.78, 5) is 16.8. The summed E-state index contributed by atoms with van der Waals surface area (Å²) >= 11 is 0. The molecule has 1 saturated heterocycles. The predicted octanol–water partition coefficient (Wildman–Crippen LogP) is 3.12. The lowest BCUT2D eigenvalue weighted by molar-refractivity contribution is 0.0636. The number of hydrogen-bond donors (Lipinski definition) is 1. The first-order chi connectivity index (χ1) is 12.6. The van der Waals surface area contributed by atoms with Crippen molar-refractivity contribution in [3.8, 4) is 0 Å². The molecule has 138 valence electrons. The van der Waals surface area contributed by atoms with Crippen molar-refractivity contribution < 1.29 is 4.79 Å². The van der Waals surface area contributed by atoms with Gasteiger partial charge in [-0.25, -0.2) is 0 Å². The van der Waals surface area contributed by atoms with Crippen LogP contribution in [0.3, 0.4) is 0 Å². The Hall–Kier alpha value is -2.47. The second-order valence-electron chi connectivity index (χ2n) is 6.90. The fourth-order valence-corrected chi connectivity index (χ4v) is 3.19. The maximum Gasteiger partial charge on any atom is 0.274 e. The number of hydrogen-bond acceptors (Lipinski definition) is 5. The van der Waals surface area contributed by atoms with Gasteiger partial charge in [-0.15, -0.1) is 10.2 Å². The van der Waals surface area contributed by atoms with E-state index in [1.807, 2.05) is 29.2 Å². The Morgan fingerprint density at radius 3 is 2.42 bits per heavy atom. The highest BCUT2D eigenvalue weighted by molar-refractivity contribution is 5.92. The van der Waals surface area contributed by atoms with Gasteiger partial charge in [0.2, 0.25) is 0 Å². The Labute approximate surface area is 155 Å². The van der Waals surface area contributed by atoms with Crippen molar-refractivity contribution in [3.63, 3.8) is 0 Å². The molecule has 2 aromatic rings. The number of piperazine rings is 1. The first kappa shape index (κ1) is 18.3. The van der Waals surface area contributed by atoms with Crippen molar-refractivity contribution in [3.05, 3.63) is 47.7 Å². The van der Waals surface area contributed by atoms with Crippen molar-refractivity contribution >= 4 is 17.4 Å². The summed E-state index contributed by atoms with van der Waals surface area (Å²) in [7, 11) is 0. The van der Waals surface area contributed by atoms with Crippen LogP contribution < -0.4 is 5.32 Å². The molecule has 1 aromatic heterocycles. The summed E-state index contributed by atoms with van der Waals surface area (Å²) in [6, 6.07) is 11.7. The summed E-state index contributed by atoms with van der Waals surface area (Å²) in [6.07, 6.45) is 0. The minimum Gasteiger partial charge on any atom is -0.338 e. The standard InChI is InChI=1S/C20H27N5O/c1-4-24-11-13-25(14-12-24)20(26)18-9-10-19(23-22-18)21-17-8-6-5-7-16(17)15(2)3/h5-10,15H,4,11-14H2,1-3H3,(H,21,23). The van der Waals surface area contributed by atoms with E-state index in [0.29, 0.717) is 17.4 Å². The Morgan fingerprint density at radius 1 is 1.08 bits per heavy atom. The average molecular weight is 353 g/mol. The van der Waals surface area contributed by atoms with E-state index in [4.69, 9.17) is 0 Å². The Kier molecular flexibility index (Phi) is 5.83. The number of aromatic nitrogens is 2. The molecule has 1 aromatic carbocycles. The minimum absolute atomic E-state index is 0.0395. The lowest BCUT2D eigenvalue weighted by Crippen LogP contribution is -2.48. The summed E-state index contributed by atoms with van der Waals surface area (Å²) < 4.78 is 0. The van der Waals surface area contributed by atoms with Crippen LogP contribution in [-0.2, 0) is 0 Å². The molecule has 1 aliphatic heterocycles. The van der Waals surface area contributed by atoms with E-state index in [1.165, 1.54) is 5.56 Å². The average Bonchev–Trinajstić information content (AvgIpc) is 2.68. The van der Waals surface area contributed by atoms with E-state index >= 15 is 0 Å². The molecule has 0 saturated carbocycles. The summed E-state index contributed by atoms with van der Waals surface area (Å²) in [5.41, 5.74) is 2.65. The quantitative estimate of drug-likeness (QED) is 0.895. The van der Waals surface area contributed by atoms with Gasteiger partial charge in [-0.05, 0) is 36.2 Å². The van der Waals surface area contributed by atoms with Crippen LogP contribution in [0.25, 0.3) is 0 Å². The second kappa shape index (κ2) is 8.27. The molecule has 0 spiro atoms. The highest BCUT2D eigenvalue weighted by atomic mass is 16.2. The van der Waals surface area contributed by atoms with E-state index in [1.54, 1.807) is 6.07 Å². The SMILES string of the molecule is CCN1CCN(C(=O)c2ccc(Nc3ccccc3C(C)C)nn2)CC1. The largest absolute Gasteiger partial charge is 0.338 e. The molecular formula is C20H27N5O. The van der Waals surface area contributed by atoms with Crippen molar-refractivity contribution in [2.45, 2.75) is 26.7 Å². The molecule has 0 aliphatic carbocycles. The van der Waals surface area contributed by atoms with Crippen molar-refractivity contribution in [1.82, 2.24) is 20.0 Å². The normalized spacial score (nSPS) is 15.3. The predicted molar refractivity (Wildman–Crippen MR) is 104 cm³/mol. The third-order valence-corrected chi connectivity index (χ3v) is 4.84. The number of para-hydroxylation sites is 1. The van der Waals surface area contributed by atoms with Gasteiger partial charge in [0, 0.05) is 31.9 Å². The van der Waals surface area contributed by atoms with E-state index in [0.717, 1.165) is 38.4 Å². The Bertz CT molecular complexity index is 736. The van der Waals surface area contributed by atoms with E-state index < -0.39 is 0 Å². The molecule has 2 heterocycles. The van der Waals surface area contributed by atoms with Gasteiger partial charge < -0.3 is 15.1 Å². The maximum absolute atomic E-state index is 12.6. The molecule has 0 atom stereocenters. The molecule has 1 N–H and O–H groups in total. The van der Waals surface area contributed by atoms with Gasteiger partial charge in [-0.2, -0.15) is 0 Å². The highest BCUT2D eigenvalue weighted by Gasteiger charge is 2.22. The molecule has 1 fully saturated rings. The van der Waals surface area contributed by atoms with E-state index in [2.05, 4.69) is 47.3 Å². The molecule has 1 aliphatic rings. The Morgan fingerprint density at radius 2 is 1.81 bits per heavy atom. The molecule has 26 heavy (non-hydrogen) atoms. The van der Waals surface area contributed by atoms with Crippen LogP contribution in [0.5, 0.6) is 0 Å². The van der Waals surface area contributed by atoms with Crippen LogP contribution in [0.4, 0.5) is 11.5 Å². The zero-order valence-electron chi connectivity index (χ0n) is 15.8. The van der Waals surface area contributed by atoms with Gasteiger partial charge in [0.1, 0.15) is 0 Å². The summed E-state index contributed by atoms with van der Waals surface area (Å²) in [5.74, 6) is 1.02. The monoisotopic (exact) mass is 353 g/mol. The van der Waals surface area contributed by atoms with Crippen LogP contribution in [0, 0.1) is 0 Å². The van der Waals surface area contributed by atoms with Crippen LogP contribution in [-0.4, -0.2) is 58.6 Å². The van der Waals surface area contributed by atoms with Crippen molar-refractivity contribution in [1.29, 1.82) is 0 Å². The number of nitrogens with one attached hydrogen (secondary N) is 1. The molecule has 0 unspecified atom stereocenters. The smallest absolute Gasteiger partial charge is 0.274 e. The molecule has 0 bridgehead atoms. The molecular weight excluding hydrogens is 326 g/mol. The van der Waals surface area contributed by atoms with Crippen LogP contribution in [0.1, 0.15) is 42.7 Å². The molecule has 3 rings (SSSR count). The number of benzene rings is 1. The number of rotatable bonds is 5. The summed E-state index contributed by atoms with van der Waals surface area (Å²) in [5, 5.41) is 11.7. The number of nitrogens with zero attached hydrogens (tertiary/aromatic N) is 4. The van der Waals surface area contributed by atoms with Crippen molar-refractivity contribution in [2.75, 3.05) is 38.0 Å². The zero-order chi connectivity index (χ0) is 18.5. The third kappa shape index (κ3) is 4.19. The van der Waals surface area contributed by atoms with Crippen molar-refractivity contribution in [2.24, 2.45) is 0 Å². The van der Waals surface area contributed by atoms with E-state index in [-0.39, 0.29) is 5.91 Å². The van der Waals surface area contributed by atoms with Gasteiger partial charge in [-0.1, -0.05) is 39.0 Å². The fraction of sp³-hybridized carbons (Fsp3) is 0.450. The van der Waals surface area contributed by atoms with Crippen LogP contribution in [0.15, 0.2) is 36.4 Å². The lowest BCUT2D eigenvalue weighted by atomic mass is 10.0. The third-order valence-electron chi connectivity index (χ3n) is 4.84. The minimum atomic E-state index is -0.0395. The molecule has 0 radical (unpaired) electrons. The number of carbonyl (C=O) groups excluding carboxylic acids is 1. The number of amides is 1. The maximum atomic E-state index is 12.6. The lowest BCUT2D eigenvalue weighted by Gasteiger charge is -2.33. The van der Waals surface area contributed by atoms with Gasteiger partial charge in [0.15, 0.2) is 11.5 Å². The highest BCUT2D eigenvalue weighted by Crippen LogP contribution is 2.26. The van der Waals surface area contributed by atoms with Gasteiger partial charge in [-0.3, -0.25) is 4.79 Å². The fourth-order valence-electron chi connectivity index (χ4n) is 3.19. The number of anilines is 2. The van der Waals surface area contributed by atoms with Crippen LogP contribution in [0.2, 0.25) is 0 Å². The first-order valence-electron chi connectivity index (χ1n) is 9.29. The molecule has 6 heteroatoms. The van der Waals surface area contributed by atoms with Gasteiger partial charge in [0.25, 0.3) is 5.91 Å². The summed E-state index contributed by atoms with van der Waals surface area (Å²) in [6.45, 7) is 10.8. The molecule has 6 nitrogen and oxygen atoms in total. The number of carbonyl (C=O) groups is 1.